The number of hydrogen-bond donors (Lipinski definition) is 0. The molecule has 20 heteroatoms. The van der Waals surface area contributed by atoms with E-state index in [1.54, 1.807) is 0 Å². The van der Waals surface area contributed by atoms with Crippen molar-refractivity contribution in [1.29, 1.82) is 0 Å². The van der Waals surface area contributed by atoms with Crippen molar-refractivity contribution in [2.45, 2.75) is 26.7 Å². The van der Waals surface area contributed by atoms with E-state index in [-0.39, 0.29) is 24.5 Å². The quantitative estimate of drug-likeness (QED) is 0.0960. The Morgan fingerprint density at radius 3 is 0.833 bits per heavy atom. The van der Waals surface area contributed by atoms with Gasteiger partial charge in [-0.25, -0.2) is 0 Å². The Bertz CT molecular complexity index is 1550. The summed E-state index contributed by atoms with van der Waals surface area (Å²) in [6.07, 6.45) is 0.911. The van der Waals surface area contributed by atoms with E-state index in [2.05, 4.69) is 0 Å². The van der Waals surface area contributed by atoms with Crippen molar-refractivity contribution in [1.82, 2.24) is 0 Å². The molecule has 0 saturated carbocycles. The van der Waals surface area contributed by atoms with E-state index in [1.165, 1.54) is 16.7 Å². The standard InChI is InChI=1S/C13H10Cl2.C7H6Cl2.C7H7Cl.C6H5Cl.CH4.ClH.11FH.2Sb/c14-12-5-1-10(2-6-12)9-11-3-7-13(15)8-4-11;8-5-6-1-3-7(9)4-2-6;1-6-2-4-7(8)5-3-6;7-6-4-2-1-3-5-6;;;;;;;;;;;;;;;/h1-8H,9H2;1-4H,5H2;2-5H,1H3;1-5H;1H4;12*1H;;/q;;;;;;;;;;;;;;;;;2*+5/p-11. The van der Waals surface area contributed by atoms with Gasteiger partial charge in [-0.2, -0.15) is 0 Å². The first-order valence-electron chi connectivity index (χ1n) is 13.7. The Balaban J connectivity index is -0.000000285. The van der Waals surface area contributed by atoms with Crippen LogP contribution in [0.3, 0.4) is 0 Å². The van der Waals surface area contributed by atoms with Gasteiger partial charge in [-0.3, -0.25) is 4.70 Å². The Hall–Kier alpha value is -1.00. The number of benzene rings is 5. The van der Waals surface area contributed by atoms with Gasteiger partial charge >= 0.3 is 68.7 Å². The van der Waals surface area contributed by atoms with Crippen LogP contribution < -0.4 is 12.4 Å². The number of rotatable bonds is 3. The zero-order chi connectivity index (χ0) is 39.4. The van der Waals surface area contributed by atoms with E-state index in [4.69, 9.17) is 69.6 Å². The SMILES string of the molecule is C.Cc1ccc(Cl)cc1.ClCc1ccc(Cl)cc1.Clc1ccc(Cc2ccc(Cl)cc2)cc1.Clc1ccccc1.F.[Cl-].[F][Sb]([F])([F])([F])[F].[F][Sb]([F])([F])([F])[F]. The van der Waals surface area contributed by atoms with Crippen molar-refractivity contribution in [3.05, 3.63) is 175 Å². The van der Waals surface area contributed by atoms with Crippen LogP contribution in [0.5, 0.6) is 0 Å². The first-order valence-corrected chi connectivity index (χ1v) is 25.7. The van der Waals surface area contributed by atoms with Crippen LogP contribution in [0.25, 0.3) is 0 Å². The van der Waals surface area contributed by atoms with Gasteiger partial charge < -0.3 is 12.4 Å². The van der Waals surface area contributed by atoms with Crippen molar-refractivity contribution in [2.24, 2.45) is 0 Å². The first-order chi connectivity index (χ1) is 23.2. The Morgan fingerprint density at radius 1 is 0.407 bits per heavy atom. The van der Waals surface area contributed by atoms with Crippen LogP contribution in [0, 0.1) is 6.92 Å². The molecule has 0 fully saturated rings. The molecule has 0 aliphatic carbocycles. The molecule has 0 amide bonds. The van der Waals surface area contributed by atoms with Crippen LogP contribution >= 0.6 is 69.6 Å². The molecule has 5 aromatic rings. The van der Waals surface area contributed by atoms with Crippen molar-refractivity contribution >= 4 is 110 Å². The summed E-state index contributed by atoms with van der Waals surface area (Å²) >= 11 is 15.6. The topological polar surface area (TPSA) is 0 Å². The third-order valence-electron chi connectivity index (χ3n) is 5.05. The summed E-state index contributed by atoms with van der Waals surface area (Å²) in [5.41, 5.74) is 4.85. The average molecular weight is 1140 g/mol. The zero-order valence-corrected chi connectivity index (χ0v) is 37.2. The van der Waals surface area contributed by atoms with Crippen LogP contribution in [-0.4, -0.2) is 40.6 Å². The van der Waals surface area contributed by atoms with Crippen molar-refractivity contribution in [3.8, 4) is 0 Å². The monoisotopic (exact) mass is 1140 g/mol. The Labute approximate surface area is 353 Å². The summed E-state index contributed by atoms with van der Waals surface area (Å²) < 4.78 is 99.1. The third-order valence-corrected chi connectivity index (χ3v) is 6.61. The first kappa shape index (κ1) is 59.7. The summed E-state index contributed by atoms with van der Waals surface area (Å²) in [6, 6.07) is 40.5. The van der Waals surface area contributed by atoms with Gasteiger partial charge in [0.25, 0.3) is 0 Å². The number of alkyl halides is 1. The van der Waals surface area contributed by atoms with Gasteiger partial charge in [-0.1, -0.05) is 138 Å². The predicted molar refractivity (Wildman–Crippen MR) is 206 cm³/mol. The molecular formula is C34H33Cl7F11Sb2-. The van der Waals surface area contributed by atoms with Crippen LogP contribution in [0.15, 0.2) is 127 Å². The maximum absolute atomic E-state index is 9.91. The minimum absolute atomic E-state index is 0. The molecule has 0 N–H and O–H groups in total. The van der Waals surface area contributed by atoms with Gasteiger partial charge in [0.1, 0.15) is 0 Å². The molecule has 0 heterocycles. The summed E-state index contributed by atoms with van der Waals surface area (Å²) in [4.78, 5) is 0. The molecule has 5 rings (SSSR count). The molecule has 5 aromatic carbocycles. The van der Waals surface area contributed by atoms with E-state index >= 15 is 0 Å². The normalized spacial score (nSPS) is 11.2. The third kappa shape index (κ3) is 45.4. The summed E-state index contributed by atoms with van der Waals surface area (Å²) in [5, 5.41) is 3.90. The molecule has 0 bridgehead atoms. The second-order valence-electron chi connectivity index (χ2n) is 9.56. The molecule has 0 nitrogen and oxygen atoms in total. The fraction of sp³-hybridized carbons (Fsp3) is 0.118. The van der Waals surface area contributed by atoms with Gasteiger partial charge in [0.2, 0.25) is 0 Å². The molecule has 0 aromatic heterocycles. The van der Waals surface area contributed by atoms with E-state index in [0.717, 1.165) is 37.1 Å². The maximum atomic E-state index is 9.91. The van der Waals surface area contributed by atoms with Crippen molar-refractivity contribution in [3.63, 3.8) is 0 Å². The number of aryl methyl sites for hydroxylation is 1. The molecule has 0 aliphatic rings. The predicted octanol–water partition coefficient (Wildman–Crippen LogP) is 13.9. The van der Waals surface area contributed by atoms with Gasteiger partial charge in [-0.05, 0) is 90.7 Å². The van der Waals surface area contributed by atoms with Crippen LogP contribution in [-0.2, 0) is 12.3 Å². The molecular weight excluding hydrogens is 1110 g/mol. The zero-order valence-electron chi connectivity index (χ0n) is 26.8. The molecule has 54 heavy (non-hydrogen) atoms. The van der Waals surface area contributed by atoms with E-state index < -0.39 is 40.6 Å². The van der Waals surface area contributed by atoms with Crippen LogP contribution in [0.4, 0.5) is 32.8 Å². The van der Waals surface area contributed by atoms with Gasteiger partial charge in [-0.15, -0.1) is 11.6 Å². The molecule has 0 radical (unpaired) electrons. The number of hydrogen-bond acceptors (Lipinski definition) is 0. The average Bonchev–Trinajstić information content (AvgIpc) is 3.00. The fourth-order valence-corrected chi connectivity index (χ4v) is 3.79. The van der Waals surface area contributed by atoms with Gasteiger partial charge in [0.15, 0.2) is 0 Å². The Kier molecular flexibility index (Phi) is 31.4. The van der Waals surface area contributed by atoms with Crippen LogP contribution in [0.1, 0.15) is 29.7 Å². The van der Waals surface area contributed by atoms with Crippen molar-refractivity contribution < 1.29 is 45.2 Å². The van der Waals surface area contributed by atoms with Gasteiger partial charge in [0, 0.05) is 31.0 Å². The summed E-state index contributed by atoms with van der Waals surface area (Å²) in [5.74, 6) is 0.553. The second-order valence-corrected chi connectivity index (χ2v) is 19.3. The van der Waals surface area contributed by atoms with E-state index in [1.807, 2.05) is 134 Å². The molecule has 0 spiro atoms. The summed E-state index contributed by atoms with van der Waals surface area (Å²) in [7, 11) is 0. The fourth-order valence-electron chi connectivity index (χ4n) is 2.96. The molecule has 0 aliphatic heterocycles. The van der Waals surface area contributed by atoms with E-state index in [9.17, 15) is 28.1 Å². The molecule has 306 valence electrons. The number of halogens is 18. The second kappa shape index (κ2) is 28.4. The van der Waals surface area contributed by atoms with E-state index in [0.29, 0.717) is 5.88 Å². The van der Waals surface area contributed by atoms with Crippen molar-refractivity contribution in [2.75, 3.05) is 0 Å². The minimum atomic E-state index is -9.19. The molecule has 0 atom stereocenters. The molecule has 0 unspecified atom stereocenters. The van der Waals surface area contributed by atoms with Gasteiger partial charge in [0.05, 0.1) is 0 Å². The summed E-state index contributed by atoms with van der Waals surface area (Å²) in [6.45, 7) is 2.04. The van der Waals surface area contributed by atoms with Crippen LogP contribution in [0.2, 0.25) is 25.1 Å². The molecule has 0 saturated heterocycles. The Morgan fingerprint density at radius 2 is 0.630 bits per heavy atom.